The highest BCUT2D eigenvalue weighted by molar-refractivity contribution is 7.00. The molecule has 0 radical (unpaired) electrons. The molecule has 85 heavy (non-hydrogen) atoms. The fourth-order valence-electron chi connectivity index (χ4n) is 16.8. The van der Waals surface area contributed by atoms with Gasteiger partial charge in [-0.3, -0.25) is 0 Å². The van der Waals surface area contributed by atoms with Gasteiger partial charge in [0, 0.05) is 54.7 Å². The number of aromatic nitrogens is 2. The molecule has 19 aromatic rings. The van der Waals surface area contributed by atoms with Gasteiger partial charge in [-0.1, -0.05) is 231 Å². The summed E-state index contributed by atoms with van der Waals surface area (Å²) in [6.45, 7) is -0.129. The van der Waals surface area contributed by atoms with Gasteiger partial charge in [-0.05, 0) is 178 Å². The third-order valence-electron chi connectivity index (χ3n) is 20.1. The van der Waals surface area contributed by atoms with Crippen LogP contribution in [0, 0.1) is 0 Å². The molecule has 0 aliphatic carbocycles. The largest absolute Gasteiger partial charge is 0.310 e. The standard InChI is InChI=1S/C82H45BN2/c1-3-20-50-46(18-1)40-67(60-30-11-5-22-52(50)60)48-42-69-66-37-36-65-59-29-10-8-25-55(59)57-27-14-16-33-63(57)77(65)82(66)85-75-35-17-34-74-79(75)83(71(44-48)80(69)85)72-45-49(68-41-47-19-2-4-21-51(47)53-23-6-12-31-61(53)68)43-70-78-73(84(74)81(70)72)39-38-64-58-28-9-7-24-54(58)56-26-13-15-32-62(56)76(64)78/h1-45H. The van der Waals surface area contributed by atoms with Crippen molar-refractivity contribution in [3.05, 3.63) is 273 Å². The van der Waals surface area contributed by atoms with Crippen LogP contribution in [0.25, 0.3) is 185 Å². The van der Waals surface area contributed by atoms with E-state index in [1.807, 2.05) is 0 Å². The molecule has 0 unspecified atom stereocenters. The molecule has 0 bridgehead atoms. The number of fused-ring (bicyclic) bond motifs is 30. The van der Waals surface area contributed by atoms with Crippen LogP contribution in [0.3, 0.4) is 0 Å². The second kappa shape index (κ2) is 16.0. The Hall–Kier alpha value is -11.0. The minimum atomic E-state index is -0.129. The second-order valence-corrected chi connectivity index (χ2v) is 24.1. The van der Waals surface area contributed by atoms with E-state index in [1.54, 1.807) is 0 Å². The summed E-state index contributed by atoms with van der Waals surface area (Å²) in [6.07, 6.45) is 0. The minimum Gasteiger partial charge on any atom is -0.310 e. The predicted molar refractivity (Wildman–Crippen MR) is 366 cm³/mol. The summed E-state index contributed by atoms with van der Waals surface area (Å²) in [7, 11) is 0. The van der Waals surface area contributed by atoms with Crippen LogP contribution in [0.2, 0.25) is 0 Å². The van der Waals surface area contributed by atoms with Crippen molar-refractivity contribution in [2.75, 3.05) is 0 Å². The van der Waals surface area contributed by atoms with E-state index in [9.17, 15) is 0 Å². The van der Waals surface area contributed by atoms with Crippen LogP contribution in [0.4, 0.5) is 0 Å². The second-order valence-electron chi connectivity index (χ2n) is 24.1. The molecular weight excluding hydrogens is 1020 g/mol. The molecule has 0 atom stereocenters. The van der Waals surface area contributed by atoms with Gasteiger partial charge in [0.1, 0.15) is 0 Å². The molecule has 2 aliphatic heterocycles. The van der Waals surface area contributed by atoms with Crippen molar-refractivity contribution in [2.24, 2.45) is 0 Å². The summed E-state index contributed by atoms with van der Waals surface area (Å²) < 4.78 is 5.39. The lowest BCUT2D eigenvalue weighted by Gasteiger charge is -2.34. The van der Waals surface area contributed by atoms with E-state index in [-0.39, 0.29) is 6.71 Å². The van der Waals surface area contributed by atoms with E-state index in [4.69, 9.17) is 0 Å². The van der Waals surface area contributed by atoms with Gasteiger partial charge in [-0.25, -0.2) is 0 Å². The first-order valence-electron chi connectivity index (χ1n) is 29.9. The molecule has 0 fully saturated rings. The normalized spacial score (nSPS) is 12.9. The SMILES string of the molecule is c1cc2c3c(c1)-n1c4c(cc(-c5cc6ccccc6c6ccccc56)cc4c4ccc5c6ccccc6c6ccccc6c5c41)B3c1cc(-c3cc4ccccc4c4ccccc34)cc3c4c5c6ccccc6c6ccccc6c5ccc4n-2c13. The lowest BCUT2D eigenvalue weighted by atomic mass is 9.34. The molecule has 4 heterocycles. The summed E-state index contributed by atoms with van der Waals surface area (Å²) in [5, 5.41) is 30.6. The van der Waals surface area contributed by atoms with E-state index in [0.29, 0.717) is 0 Å². The van der Waals surface area contributed by atoms with Gasteiger partial charge in [0.05, 0.1) is 11.0 Å². The topological polar surface area (TPSA) is 9.86 Å². The van der Waals surface area contributed by atoms with Crippen LogP contribution >= 0.6 is 0 Å². The summed E-state index contributed by atoms with van der Waals surface area (Å²) >= 11 is 0. The summed E-state index contributed by atoms with van der Waals surface area (Å²) in [6, 6.07) is 105. The number of hydrogen-bond donors (Lipinski definition) is 0. The van der Waals surface area contributed by atoms with Crippen LogP contribution in [0.15, 0.2) is 273 Å². The van der Waals surface area contributed by atoms with E-state index in [0.717, 1.165) is 0 Å². The Morgan fingerprint density at radius 1 is 0.224 bits per heavy atom. The number of rotatable bonds is 2. The Morgan fingerprint density at radius 2 is 0.600 bits per heavy atom. The smallest absolute Gasteiger partial charge is 0.252 e. The van der Waals surface area contributed by atoms with Gasteiger partial charge in [0.2, 0.25) is 0 Å². The van der Waals surface area contributed by atoms with Crippen LogP contribution in [-0.4, -0.2) is 15.8 Å². The Kier molecular flexibility index (Phi) is 8.38. The molecule has 0 N–H and O–H groups in total. The average Bonchev–Trinajstić information content (AvgIpc) is 1.67. The number of nitrogens with zero attached hydrogens (tertiary/aromatic N) is 2. The number of benzene rings is 17. The molecule has 386 valence electrons. The molecule has 0 saturated heterocycles. The van der Waals surface area contributed by atoms with Gasteiger partial charge in [0.25, 0.3) is 6.71 Å². The minimum absolute atomic E-state index is 0.129. The Bertz CT molecular complexity index is 6270. The van der Waals surface area contributed by atoms with Gasteiger partial charge < -0.3 is 9.13 Å². The highest BCUT2D eigenvalue weighted by Crippen LogP contribution is 2.50. The van der Waals surface area contributed by atoms with Crippen molar-refractivity contribution in [3.63, 3.8) is 0 Å². The lowest BCUT2D eigenvalue weighted by molar-refractivity contribution is 1.15. The molecule has 2 aromatic heterocycles. The van der Waals surface area contributed by atoms with Gasteiger partial charge >= 0.3 is 0 Å². The Labute approximate surface area is 487 Å². The van der Waals surface area contributed by atoms with Gasteiger partial charge in [-0.15, -0.1) is 0 Å². The van der Waals surface area contributed by atoms with Crippen LogP contribution in [0.5, 0.6) is 0 Å². The fraction of sp³-hybridized carbons (Fsp3) is 0. The van der Waals surface area contributed by atoms with E-state index >= 15 is 0 Å². The maximum Gasteiger partial charge on any atom is 0.252 e. The highest BCUT2D eigenvalue weighted by atomic mass is 15.0. The summed E-state index contributed by atoms with van der Waals surface area (Å²) in [5.41, 5.74) is 16.5. The van der Waals surface area contributed by atoms with E-state index < -0.39 is 0 Å². The fourth-order valence-corrected chi connectivity index (χ4v) is 16.8. The Morgan fingerprint density at radius 3 is 1.14 bits per heavy atom. The van der Waals surface area contributed by atoms with E-state index in [2.05, 4.69) is 282 Å². The molecule has 0 spiro atoms. The quantitative estimate of drug-likeness (QED) is 0.121. The van der Waals surface area contributed by atoms with Crippen molar-refractivity contribution in [1.29, 1.82) is 0 Å². The van der Waals surface area contributed by atoms with Crippen molar-refractivity contribution in [3.8, 4) is 33.6 Å². The third-order valence-corrected chi connectivity index (χ3v) is 20.1. The maximum atomic E-state index is 2.71. The van der Waals surface area contributed by atoms with E-state index in [1.165, 1.54) is 201 Å². The van der Waals surface area contributed by atoms with Crippen molar-refractivity contribution >= 4 is 174 Å². The predicted octanol–water partition coefficient (Wildman–Crippen LogP) is 19.9. The van der Waals surface area contributed by atoms with Crippen molar-refractivity contribution in [2.45, 2.75) is 0 Å². The zero-order valence-corrected chi connectivity index (χ0v) is 46.0. The van der Waals surface area contributed by atoms with Crippen LogP contribution in [-0.2, 0) is 0 Å². The number of hydrogen-bond acceptors (Lipinski definition) is 0. The molecule has 21 rings (SSSR count). The first kappa shape index (κ1) is 44.6. The highest BCUT2D eigenvalue weighted by Gasteiger charge is 2.42. The Balaban J connectivity index is 0.991. The molecule has 3 heteroatoms. The maximum absolute atomic E-state index is 2.71. The average molecular weight is 1070 g/mol. The molecule has 2 nitrogen and oxygen atoms in total. The summed E-state index contributed by atoms with van der Waals surface area (Å²) in [4.78, 5) is 0. The molecule has 0 amide bonds. The van der Waals surface area contributed by atoms with Crippen molar-refractivity contribution in [1.82, 2.24) is 9.13 Å². The molecule has 0 saturated carbocycles. The monoisotopic (exact) mass is 1070 g/mol. The first-order chi connectivity index (χ1) is 42.2. The zero-order chi connectivity index (χ0) is 54.9. The zero-order valence-electron chi connectivity index (χ0n) is 46.0. The van der Waals surface area contributed by atoms with Crippen LogP contribution < -0.4 is 16.4 Å². The molecule has 2 aliphatic rings. The first-order valence-corrected chi connectivity index (χ1v) is 29.9. The molecule has 17 aromatic carbocycles. The van der Waals surface area contributed by atoms with Crippen molar-refractivity contribution < 1.29 is 0 Å². The molecular formula is C82H45BN2. The summed E-state index contributed by atoms with van der Waals surface area (Å²) in [5.74, 6) is 0. The van der Waals surface area contributed by atoms with Crippen LogP contribution in [0.1, 0.15) is 0 Å². The third kappa shape index (κ3) is 5.57. The van der Waals surface area contributed by atoms with Gasteiger partial charge in [0.15, 0.2) is 0 Å². The lowest BCUT2D eigenvalue weighted by Crippen LogP contribution is -2.59. The van der Waals surface area contributed by atoms with Gasteiger partial charge in [-0.2, -0.15) is 0 Å².